The topological polar surface area (TPSA) is 58.4 Å². The van der Waals surface area contributed by atoms with Crippen molar-refractivity contribution < 1.29 is 14.3 Å². The minimum absolute atomic E-state index is 0.130. The third-order valence-electron chi connectivity index (χ3n) is 5.45. The molecule has 5 nitrogen and oxygen atoms in total. The van der Waals surface area contributed by atoms with E-state index in [1.165, 1.54) is 5.56 Å². The van der Waals surface area contributed by atoms with Gasteiger partial charge in [0.2, 0.25) is 0 Å². The van der Waals surface area contributed by atoms with Crippen molar-refractivity contribution in [2.75, 3.05) is 11.4 Å². The molecule has 1 aromatic heterocycles. The Labute approximate surface area is 169 Å². The normalized spacial score (nSPS) is 13.4. The van der Waals surface area contributed by atoms with Gasteiger partial charge in [-0.1, -0.05) is 35.9 Å². The number of aliphatic carboxylic acids is 1. The van der Waals surface area contributed by atoms with E-state index < -0.39 is 5.97 Å². The lowest BCUT2D eigenvalue weighted by Crippen LogP contribution is -2.32. The van der Waals surface area contributed by atoms with Crippen LogP contribution in [0, 0.1) is 19.7 Å². The molecule has 6 heteroatoms. The third kappa shape index (κ3) is 3.88. The standard InChI is InChI=1S/C23H24FN3O2/c1-15-3-8-20(9-4-15)27-23(22(24)16(2)25-27)26-12-11-18-13-17(6-10-21(28)29)5-7-19(18)14-26/h3-5,7-9,13H,6,10-12,14H2,1-2H3,(H,28,29). The summed E-state index contributed by atoms with van der Waals surface area (Å²) >= 11 is 0. The van der Waals surface area contributed by atoms with Crippen molar-refractivity contribution in [2.24, 2.45) is 0 Å². The Balaban J connectivity index is 1.63. The fraction of sp³-hybridized carbons (Fsp3) is 0.304. The number of carbonyl (C=O) groups is 1. The maximum Gasteiger partial charge on any atom is 0.303 e. The summed E-state index contributed by atoms with van der Waals surface area (Å²) in [6, 6.07) is 14.0. The number of carboxylic acid groups (broad SMARTS) is 1. The highest BCUT2D eigenvalue weighted by Gasteiger charge is 2.25. The van der Waals surface area contributed by atoms with Crippen LogP contribution in [-0.2, 0) is 24.2 Å². The maximum absolute atomic E-state index is 15.0. The first kappa shape index (κ1) is 19.2. The SMILES string of the molecule is Cc1ccc(-n2nc(C)c(F)c2N2CCc3cc(CCC(=O)O)ccc3C2)cc1. The lowest BCUT2D eigenvalue weighted by Gasteiger charge is -2.31. The highest BCUT2D eigenvalue weighted by molar-refractivity contribution is 5.67. The van der Waals surface area contributed by atoms with Crippen LogP contribution in [-0.4, -0.2) is 27.4 Å². The molecule has 0 atom stereocenters. The molecule has 0 saturated carbocycles. The zero-order valence-corrected chi connectivity index (χ0v) is 16.7. The molecule has 1 N–H and O–H groups in total. The van der Waals surface area contributed by atoms with E-state index in [4.69, 9.17) is 5.11 Å². The molecule has 150 valence electrons. The Kier molecular flexibility index (Phi) is 5.09. The van der Waals surface area contributed by atoms with E-state index >= 15 is 4.39 Å². The molecule has 0 bridgehead atoms. The quantitative estimate of drug-likeness (QED) is 0.706. The molecule has 2 aromatic carbocycles. The van der Waals surface area contributed by atoms with Crippen molar-refractivity contribution in [2.45, 2.75) is 39.7 Å². The molecule has 2 heterocycles. The minimum Gasteiger partial charge on any atom is -0.481 e. The first-order valence-corrected chi connectivity index (χ1v) is 9.82. The van der Waals surface area contributed by atoms with Gasteiger partial charge in [0.25, 0.3) is 0 Å². The predicted octanol–water partition coefficient (Wildman–Crippen LogP) is 4.21. The fourth-order valence-corrected chi connectivity index (χ4v) is 3.83. The molecule has 1 aliphatic rings. The summed E-state index contributed by atoms with van der Waals surface area (Å²) in [6.45, 7) is 4.99. The third-order valence-corrected chi connectivity index (χ3v) is 5.45. The molecular formula is C23H24FN3O2. The highest BCUT2D eigenvalue weighted by Crippen LogP contribution is 2.31. The van der Waals surface area contributed by atoms with Gasteiger partial charge in [0.15, 0.2) is 11.6 Å². The summed E-state index contributed by atoms with van der Waals surface area (Å²) in [7, 11) is 0. The van der Waals surface area contributed by atoms with Crippen molar-refractivity contribution in [3.8, 4) is 5.69 Å². The van der Waals surface area contributed by atoms with Crippen molar-refractivity contribution in [1.82, 2.24) is 9.78 Å². The van der Waals surface area contributed by atoms with Gasteiger partial charge < -0.3 is 10.0 Å². The largest absolute Gasteiger partial charge is 0.481 e. The molecule has 1 aliphatic heterocycles. The average Bonchev–Trinajstić information content (AvgIpc) is 3.01. The molecule has 0 radical (unpaired) electrons. The molecule has 0 fully saturated rings. The van der Waals surface area contributed by atoms with Crippen LogP contribution in [0.3, 0.4) is 0 Å². The van der Waals surface area contributed by atoms with Crippen LogP contribution >= 0.6 is 0 Å². The smallest absolute Gasteiger partial charge is 0.303 e. The number of nitrogens with zero attached hydrogens (tertiary/aromatic N) is 3. The van der Waals surface area contributed by atoms with Gasteiger partial charge in [-0.15, -0.1) is 0 Å². The Bertz CT molecular complexity index is 1060. The Morgan fingerprint density at radius 1 is 1.14 bits per heavy atom. The second-order valence-corrected chi connectivity index (χ2v) is 7.64. The second-order valence-electron chi connectivity index (χ2n) is 7.64. The molecule has 0 saturated heterocycles. The van der Waals surface area contributed by atoms with E-state index in [1.807, 2.05) is 48.2 Å². The van der Waals surface area contributed by atoms with E-state index in [9.17, 15) is 4.79 Å². The average molecular weight is 393 g/mol. The number of anilines is 1. The van der Waals surface area contributed by atoms with Crippen LogP contribution in [0.2, 0.25) is 0 Å². The molecule has 0 aliphatic carbocycles. The summed E-state index contributed by atoms with van der Waals surface area (Å²) < 4.78 is 16.7. The van der Waals surface area contributed by atoms with Gasteiger partial charge in [0.1, 0.15) is 0 Å². The van der Waals surface area contributed by atoms with Crippen LogP contribution in [0.5, 0.6) is 0 Å². The molecule has 0 amide bonds. The zero-order chi connectivity index (χ0) is 20.5. The molecule has 29 heavy (non-hydrogen) atoms. The Hall–Kier alpha value is -3.15. The van der Waals surface area contributed by atoms with Gasteiger partial charge in [-0.25, -0.2) is 9.07 Å². The van der Waals surface area contributed by atoms with E-state index in [0.29, 0.717) is 31.0 Å². The number of halogens is 1. The van der Waals surface area contributed by atoms with Crippen molar-refractivity contribution >= 4 is 11.8 Å². The minimum atomic E-state index is -0.788. The van der Waals surface area contributed by atoms with Crippen LogP contribution in [0.4, 0.5) is 10.2 Å². The van der Waals surface area contributed by atoms with Crippen molar-refractivity contribution in [3.05, 3.63) is 76.2 Å². The second kappa shape index (κ2) is 7.70. The number of carboxylic acids is 1. The van der Waals surface area contributed by atoms with E-state index in [2.05, 4.69) is 11.2 Å². The van der Waals surface area contributed by atoms with Gasteiger partial charge in [-0.2, -0.15) is 5.10 Å². The highest BCUT2D eigenvalue weighted by atomic mass is 19.1. The Morgan fingerprint density at radius 2 is 1.90 bits per heavy atom. The number of hydrogen-bond donors (Lipinski definition) is 1. The van der Waals surface area contributed by atoms with Crippen LogP contribution in [0.15, 0.2) is 42.5 Å². The number of rotatable bonds is 5. The van der Waals surface area contributed by atoms with Gasteiger partial charge in [-0.05, 0) is 55.5 Å². The first-order chi connectivity index (χ1) is 13.9. The van der Waals surface area contributed by atoms with Crippen molar-refractivity contribution in [1.29, 1.82) is 0 Å². The number of aromatic nitrogens is 2. The lowest BCUT2D eigenvalue weighted by molar-refractivity contribution is -0.136. The van der Waals surface area contributed by atoms with Crippen LogP contribution in [0.25, 0.3) is 5.69 Å². The van der Waals surface area contributed by atoms with Crippen molar-refractivity contribution in [3.63, 3.8) is 0 Å². The van der Waals surface area contributed by atoms with E-state index in [-0.39, 0.29) is 12.2 Å². The summed E-state index contributed by atoms with van der Waals surface area (Å²) in [5.74, 6) is -0.580. The summed E-state index contributed by atoms with van der Waals surface area (Å²) in [4.78, 5) is 12.8. The number of benzene rings is 2. The van der Waals surface area contributed by atoms with Crippen LogP contribution < -0.4 is 4.90 Å². The number of hydrogen-bond acceptors (Lipinski definition) is 3. The molecule has 4 rings (SSSR count). The monoisotopic (exact) mass is 393 g/mol. The van der Waals surface area contributed by atoms with Gasteiger partial charge in [0, 0.05) is 19.5 Å². The van der Waals surface area contributed by atoms with Gasteiger partial charge >= 0.3 is 5.97 Å². The summed E-state index contributed by atoms with van der Waals surface area (Å²) in [5, 5.41) is 13.3. The maximum atomic E-state index is 15.0. The summed E-state index contributed by atoms with van der Waals surface area (Å²) in [5.41, 5.74) is 5.76. The van der Waals surface area contributed by atoms with Crippen LogP contribution in [0.1, 0.15) is 34.4 Å². The van der Waals surface area contributed by atoms with Gasteiger partial charge in [-0.3, -0.25) is 4.79 Å². The van der Waals surface area contributed by atoms with E-state index in [0.717, 1.165) is 28.8 Å². The van der Waals surface area contributed by atoms with E-state index in [1.54, 1.807) is 11.6 Å². The molecular weight excluding hydrogens is 369 g/mol. The molecule has 0 unspecified atom stereocenters. The lowest BCUT2D eigenvalue weighted by atomic mass is 9.95. The molecule has 3 aromatic rings. The first-order valence-electron chi connectivity index (χ1n) is 9.82. The zero-order valence-electron chi connectivity index (χ0n) is 16.7. The molecule has 0 spiro atoms. The fourth-order valence-electron chi connectivity index (χ4n) is 3.83. The number of aryl methyl sites for hydroxylation is 3. The number of fused-ring (bicyclic) bond motifs is 1. The van der Waals surface area contributed by atoms with Gasteiger partial charge in [0.05, 0.1) is 11.4 Å². The Morgan fingerprint density at radius 3 is 2.62 bits per heavy atom. The predicted molar refractivity (Wildman–Crippen MR) is 110 cm³/mol. The summed E-state index contributed by atoms with van der Waals surface area (Å²) in [6.07, 6.45) is 1.44.